The topological polar surface area (TPSA) is 21.1 Å². The molecule has 12 rings (SSSR count). The second-order valence-corrected chi connectivity index (χ2v) is 20.4. The predicted octanol–water partition coefficient (Wildman–Crippen LogP) is 16.8. The third-order valence-corrected chi connectivity index (χ3v) is 14.3. The van der Waals surface area contributed by atoms with E-state index in [2.05, 4.69) is 263 Å². The SMILES string of the molecule is CC(C)(C)c1ccc(N(c2ccc(C(C)(C)C)cc2)c2ccc3c(c2)c2c(n3-c3cc(-c4ccccc4)cc(-c4ccccc4)n3)-c3ccccc3C23c2ccccc2-c2ccccc23)cc1. The molecule has 8 aromatic carbocycles. The number of aromatic nitrogens is 2. The number of anilines is 3. The van der Waals surface area contributed by atoms with E-state index in [0.29, 0.717) is 0 Å². The molecule has 0 N–H and O–H groups in total. The molecule has 0 radical (unpaired) electrons. The van der Waals surface area contributed by atoms with E-state index in [4.69, 9.17) is 4.98 Å². The lowest BCUT2D eigenvalue weighted by Crippen LogP contribution is -2.25. The Morgan fingerprint density at radius 1 is 0.418 bits per heavy atom. The van der Waals surface area contributed by atoms with Gasteiger partial charge in [0.2, 0.25) is 0 Å². The van der Waals surface area contributed by atoms with Crippen LogP contribution in [0.15, 0.2) is 212 Å². The maximum atomic E-state index is 5.64. The van der Waals surface area contributed by atoms with E-state index in [1.807, 2.05) is 0 Å². The molecule has 0 fully saturated rings. The maximum absolute atomic E-state index is 5.64. The largest absolute Gasteiger partial charge is 0.310 e. The zero-order valence-electron chi connectivity index (χ0n) is 39.0. The Hall–Kier alpha value is -7.75. The lowest BCUT2D eigenvalue weighted by atomic mass is 9.70. The minimum Gasteiger partial charge on any atom is -0.310 e. The van der Waals surface area contributed by atoms with Gasteiger partial charge in [0.25, 0.3) is 0 Å². The first-order valence-corrected chi connectivity index (χ1v) is 23.6. The van der Waals surface area contributed by atoms with Gasteiger partial charge in [0.1, 0.15) is 5.82 Å². The number of pyridine rings is 1. The van der Waals surface area contributed by atoms with E-state index in [1.54, 1.807) is 0 Å². The summed E-state index contributed by atoms with van der Waals surface area (Å²) in [6, 6.07) is 78.7. The molecular weight excluding hydrogens is 811 g/mol. The normalized spacial score (nSPS) is 13.3. The van der Waals surface area contributed by atoms with Gasteiger partial charge < -0.3 is 4.90 Å². The van der Waals surface area contributed by atoms with Gasteiger partial charge in [0.05, 0.1) is 22.3 Å². The van der Waals surface area contributed by atoms with Crippen LogP contribution in [-0.2, 0) is 16.2 Å². The van der Waals surface area contributed by atoms with Crippen molar-refractivity contribution >= 4 is 28.0 Å². The summed E-state index contributed by atoms with van der Waals surface area (Å²) in [5, 5.41) is 1.20. The van der Waals surface area contributed by atoms with Gasteiger partial charge in [-0.05, 0) is 115 Å². The first-order chi connectivity index (χ1) is 32.5. The van der Waals surface area contributed by atoms with E-state index in [0.717, 1.165) is 50.8 Å². The van der Waals surface area contributed by atoms with Crippen LogP contribution in [-0.4, -0.2) is 9.55 Å². The molecule has 0 aliphatic heterocycles. The standard InChI is InChI=1S/C64H53N3/c1-62(2,3)45-29-33-47(34-30-45)66(48-35-31-46(32-36-48)63(4,5)6)49-37-38-58-53(41-49)60-61(67(58)59-40-44(42-19-9-7-10-20-42)39-57(65-59)43-21-11-8-12-22-43)52-25-15-18-28-56(52)64(60)54-26-16-13-23-50(54)51-24-14-17-27-55(51)64/h7-41H,1-6H3. The maximum Gasteiger partial charge on any atom is 0.138 e. The molecule has 0 saturated carbocycles. The van der Waals surface area contributed by atoms with Crippen molar-refractivity contribution in [2.24, 2.45) is 0 Å². The minimum atomic E-state index is -0.575. The van der Waals surface area contributed by atoms with Gasteiger partial charge in [-0.25, -0.2) is 4.98 Å². The number of hydrogen-bond acceptors (Lipinski definition) is 2. The molecule has 324 valence electrons. The second-order valence-electron chi connectivity index (χ2n) is 20.4. The van der Waals surface area contributed by atoms with E-state index >= 15 is 0 Å². The fourth-order valence-electron chi connectivity index (χ4n) is 11.1. The fraction of sp³-hybridized carbons (Fsp3) is 0.141. The molecule has 0 atom stereocenters. The minimum absolute atomic E-state index is 0.0313. The number of fused-ring (bicyclic) bond motifs is 12. The summed E-state index contributed by atoms with van der Waals surface area (Å²) < 4.78 is 2.48. The van der Waals surface area contributed by atoms with Crippen molar-refractivity contribution in [3.63, 3.8) is 0 Å². The zero-order valence-corrected chi connectivity index (χ0v) is 39.0. The highest BCUT2D eigenvalue weighted by Gasteiger charge is 2.54. The third-order valence-electron chi connectivity index (χ3n) is 14.3. The van der Waals surface area contributed by atoms with Crippen molar-refractivity contribution in [3.05, 3.63) is 246 Å². The van der Waals surface area contributed by atoms with Gasteiger partial charge in [-0.3, -0.25) is 4.57 Å². The Labute approximate surface area is 394 Å². The molecule has 0 saturated heterocycles. The van der Waals surface area contributed by atoms with Crippen molar-refractivity contribution in [3.8, 4) is 50.6 Å². The van der Waals surface area contributed by atoms with Crippen LogP contribution in [0.1, 0.15) is 74.9 Å². The van der Waals surface area contributed by atoms with E-state index in [9.17, 15) is 0 Å². The van der Waals surface area contributed by atoms with Crippen LogP contribution < -0.4 is 4.90 Å². The Morgan fingerprint density at radius 2 is 0.881 bits per heavy atom. The molecule has 2 aliphatic carbocycles. The second kappa shape index (κ2) is 15.2. The third kappa shape index (κ3) is 6.36. The first kappa shape index (κ1) is 40.7. The molecule has 10 aromatic rings. The van der Waals surface area contributed by atoms with Crippen LogP contribution in [0.25, 0.3) is 61.5 Å². The van der Waals surface area contributed by atoms with Gasteiger partial charge >= 0.3 is 0 Å². The quantitative estimate of drug-likeness (QED) is 0.166. The smallest absolute Gasteiger partial charge is 0.138 e. The van der Waals surface area contributed by atoms with Gasteiger partial charge in [0.15, 0.2) is 0 Å². The summed E-state index contributed by atoms with van der Waals surface area (Å²) in [6.07, 6.45) is 0. The Balaban J connectivity index is 1.20. The molecule has 2 aromatic heterocycles. The highest BCUT2D eigenvalue weighted by molar-refractivity contribution is 6.06. The molecular formula is C64H53N3. The molecule has 67 heavy (non-hydrogen) atoms. The van der Waals surface area contributed by atoms with Crippen LogP contribution >= 0.6 is 0 Å². The summed E-state index contributed by atoms with van der Waals surface area (Å²) in [5.74, 6) is 0.887. The van der Waals surface area contributed by atoms with E-state index in [1.165, 1.54) is 61.2 Å². The van der Waals surface area contributed by atoms with Gasteiger partial charge in [-0.1, -0.05) is 199 Å². The fourth-order valence-corrected chi connectivity index (χ4v) is 11.1. The number of rotatable bonds is 6. The summed E-state index contributed by atoms with van der Waals surface area (Å²) in [6.45, 7) is 13.7. The van der Waals surface area contributed by atoms with Crippen LogP contribution in [0.2, 0.25) is 0 Å². The average molecular weight is 864 g/mol. The van der Waals surface area contributed by atoms with E-state index in [-0.39, 0.29) is 10.8 Å². The Morgan fingerprint density at radius 3 is 1.42 bits per heavy atom. The van der Waals surface area contributed by atoms with Crippen molar-refractivity contribution in [1.29, 1.82) is 0 Å². The lowest BCUT2D eigenvalue weighted by molar-refractivity contribution is 0.590. The van der Waals surface area contributed by atoms with Crippen LogP contribution in [0.3, 0.4) is 0 Å². The number of nitrogens with zero attached hydrogens (tertiary/aromatic N) is 3. The molecule has 1 spiro atoms. The molecule has 3 heteroatoms. The van der Waals surface area contributed by atoms with Gasteiger partial charge in [-0.2, -0.15) is 0 Å². The molecule has 2 aliphatic rings. The van der Waals surface area contributed by atoms with Crippen molar-refractivity contribution < 1.29 is 0 Å². The molecule has 0 bridgehead atoms. The molecule has 2 heterocycles. The Kier molecular flexibility index (Phi) is 9.21. The summed E-state index contributed by atoms with van der Waals surface area (Å²) in [5.41, 5.74) is 21.0. The van der Waals surface area contributed by atoms with Crippen LogP contribution in [0.5, 0.6) is 0 Å². The predicted molar refractivity (Wildman–Crippen MR) is 280 cm³/mol. The lowest BCUT2D eigenvalue weighted by Gasteiger charge is -2.31. The van der Waals surface area contributed by atoms with Gasteiger partial charge in [-0.15, -0.1) is 0 Å². The van der Waals surface area contributed by atoms with Gasteiger partial charge in [0, 0.05) is 39.1 Å². The number of benzene rings is 8. The summed E-state index contributed by atoms with van der Waals surface area (Å²) in [4.78, 5) is 8.08. The number of hydrogen-bond donors (Lipinski definition) is 0. The highest BCUT2D eigenvalue weighted by Crippen LogP contribution is 2.65. The highest BCUT2D eigenvalue weighted by atomic mass is 15.1. The molecule has 0 unspecified atom stereocenters. The monoisotopic (exact) mass is 863 g/mol. The van der Waals surface area contributed by atoms with Crippen molar-refractivity contribution in [1.82, 2.24) is 9.55 Å². The van der Waals surface area contributed by atoms with E-state index < -0.39 is 5.41 Å². The van der Waals surface area contributed by atoms with Crippen molar-refractivity contribution in [2.45, 2.75) is 57.8 Å². The zero-order chi connectivity index (χ0) is 45.7. The molecule has 0 amide bonds. The summed E-state index contributed by atoms with van der Waals surface area (Å²) >= 11 is 0. The molecule has 3 nitrogen and oxygen atoms in total. The summed E-state index contributed by atoms with van der Waals surface area (Å²) in [7, 11) is 0. The van der Waals surface area contributed by atoms with Crippen molar-refractivity contribution in [2.75, 3.05) is 4.90 Å². The van der Waals surface area contributed by atoms with Crippen LogP contribution in [0, 0.1) is 0 Å². The first-order valence-electron chi connectivity index (χ1n) is 23.6. The Bertz CT molecular complexity index is 3350. The van der Waals surface area contributed by atoms with Crippen LogP contribution in [0.4, 0.5) is 17.1 Å². The average Bonchev–Trinajstić information content (AvgIpc) is 3.96.